The van der Waals surface area contributed by atoms with Gasteiger partial charge in [-0.15, -0.1) is 0 Å². The summed E-state index contributed by atoms with van der Waals surface area (Å²) in [6.07, 6.45) is 0. The molecule has 1 radical (unpaired) electrons. The van der Waals surface area contributed by atoms with Crippen molar-refractivity contribution in [2.45, 2.75) is 6.92 Å². The summed E-state index contributed by atoms with van der Waals surface area (Å²) in [4.78, 5) is 6.89. The molecule has 1 heterocycles. The predicted octanol–water partition coefficient (Wildman–Crippen LogP) is 1.29. The molecule has 14 heavy (non-hydrogen) atoms. The van der Waals surface area contributed by atoms with Crippen LogP contribution in [0.4, 0.5) is 5.95 Å². The molecule has 1 aromatic heterocycles. The van der Waals surface area contributed by atoms with E-state index in [1.54, 1.807) is 0 Å². The van der Waals surface area contributed by atoms with Crippen LogP contribution in [0.3, 0.4) is 0 Å². The number of anilines is 1. The summed E-state index contributed by atoms with van der Waals surface area (Å²) in [5, 5.41) is 0. The third-order valence-corrected chi connectivity index (χ3v) is 2.18. The molecule has 73 valence electrons. The minimum absolute atomic E-state index is 0.235. The van der Waals surface area contributed by atoms with Crippen molar-refractivity contribution in [3.63, 3.8) is 0 Å². The first-order valence-corrected chi connectivity index (χ1v) is 5.05. The van der Waals surface area contributed by atoms with Crippen molar-refractivity contribution in [2.24, 2.45) is 0 Å². The zero-order valence-electron chi connectivity index (χ0n) is 7.40. The lowest BCUT2D eigenvalue weighted by molar-refractivity contribution is 0.478. The first kappa shape index (κ1) is 9.17. The van der Waals surface area contributed by atoms with Crippen LogP contribution < -0.4 is 4.72 Å². The molecular formula is C8H8N3O2S. The van der Waals surface area contributed by atoms with E-state index >= 15 is 0 Å². The van der Waals surface area contributed by atoms with Crippen molar-refractivity contribution >= 4 is 28.2 Å². The highest BCUT2D eigenvalue weighted by atomic mass is 32.2. The van der Waals surface area contributed by atoms with E-state index in [4.69, 9.17) is 0 Å². The fourth-order valence-corrected chi connectivity index (χ4v) is 1.51. The monoisotopic (exact) mass is 210 g/mol. The van der Waals surface area contributed by atoms with Gasteiger partial charge in [0.1, 0.15) is 0 Å². The number of fused-ring (bicyclic) bond motifs is 1. The van der Waals surface area contributed by atoms with Gasteiger partial charge in [-0.1, -0.05) is 10.6 Å². The Morgan fingerprint density at radius 2 is 2.29 bits per heavy atom. The van der Waals surface area contributed by atoms with Gasteiger partial charge in [0.05, 0.1) is 11.0 Å². The van der Waals surface area contributed by atoms with E-state index in [-0.39, 0.29) is 5.95 Å². The van der Waals surface area contributed by atoms with Crippen LogP contribution in [0.15, 0.2) is 18.2 Å². The van der Waals surface area contributed by atoms with E-state index in [0.29, 0.717) is 0 Å². The molecule has 0 spiro atoms. The second-order valence-corrected chi connectivity index (χ2v) is 3.62. The number of H-pyrrole nitrogens is 1. The Balaban J connectivity index is 2.46. The van der Waals surface area contributed by atoms with Crippen LogP contribution in [-0.4, -0.2) is 14.2 Å². The lowest BCUT2D eigenvalue weighted by atomic mass is 10.2. The molecule has 0 saturated carbocycles. The zero-order chi connectivity index (χ0) is 10.1. The first-order chi connectivity index (χ1) is 6.65. The second-order valence-electron chi connectivity index (χ2n) is 2.94. The van der Waals surface area contributed by atoms with Gasteiger partial charge in [0.2, 0.25) is 5.95 Å². The smallest absolute Gasteiger partial charge is 0.294 e. The third-order valence-electron chi connectivity index (χ3n) is 1.82. The van der Waals surface area contributed by atoms with E-state index in [1.807, 2.05) is 25.1 Å². The van der Waals surface area contributed by atoms with E-state index < -0.39 is 11.3 Å². The lowest BCUT2D eigenvalue weighted by Crippen LogP contribution is -2.01. The molecule has 0 bridgehead atoms. The Labute approximate surface area is 83.0 Å². The average Bonchev–Trinajstić information content (AvgIpc) is 2.44. The van der Waals surface area contributed by atoms with Crippen molar-refractivity contribution in [2.75, 3.05) is 4.72 Å². The lowest BCUT2D eigenvalue weighted by Gasteiger charge is -1.90. The van der Waals surface area contributed by atoms with Crippen LogP contribution in [0, 0.1) is 6.92 Å². The van der Waals surface area contributed by atoms with Crippen LogP contribution in [0.1, 0.15) is 5.56 Å². The first-order valence-electron chi connectivity index (χ1n) is 3.97. The number of nitrogens with zero attached hydrogens (tertiary/aromatic N) is 1. The number of aryl methyl sites for hydroxylation is 1. The molecule has 2 N–H and O–H groups in total. The molecular weight excluding hydrogens is 202 g/mol. The topological polar surface area (TPSA) is 77.7 Å². The van der Waals surface area contributed by atoms with Crippen LogP contribution in [0.2, 0.25) is 0 Å². The maximum atomic E-state index is 10.3. The van der Waals surface area contributed by atoms with Gasteiger partial charge in [-0.2, -0.15) is 0 Å². The third kappa shape index (κ3) is 1.75. The number of rotatable bonds is 2. The van der Waals surface area contributed by atoms with Gasteiger partial charge >= 0.3 is 0 Å². The van der Waals surface area contributed by atoms with E-state index in [2.05, 4.69) is 14.7 Å². The minimum Gasteiger partial charge on any atom is -0.323 e. The van der Waals surface area contributed by atoms with Crippen molar-refractivity contribution in [3.05, 3.63) is 23.8 Å². The largest absolute Gasteiger partial charge is 0.323 e. The van der Waals surface area contributed by atoms with E-state index in [0.717, 1.165) is 16.6 Å². The van der Waals surface area contributed by atoms with Crippen LogP contribution >= 0.6 is 0 Å². The maximum absolute atomic E-state index is 10.3. The Morgan fingerprint density at radius 1 is 1.50 bits per heavy atom. The van der Waals surface area contributed by atoms with Gasteiger partial charge in [-0.05, 0) is 24.6 Å². The number of hydrogen-bond acceptors (Lipinski definition) is 2. The Kier molecular flexibility index (Phi) is 2.22. The molecule has 0 saturated heterocycles. The van der Waals surface area contributed by atoms with Crippen LogP contribution in [-0.2, 0) is 15.8 Å². The summed E-state index contributed by atoms with van der Waals surface area (Å²) in [7, 11) is 0. The molecule has 6 heteroatoms. The molecule has 0 aliphatic carbocycles. The molecule has 1 unspecified atom stereocenters. The number of hydrogen-bond donors (Lipinski definition) is 2. The van der Waals surface area contributed by atoms with Gasteiger partial charge in [-0.25, -0.2) is 13.9 Å². The number of benzene rings is 1. The maximum Gasteiger partial charge on any atom is 0.294 e. The minimum atomic E-state index is -2.34. The highest BCUT2D eigenvalue weighted by Gasteiger charge is 2.04. The van der Waals surface area contributed by atoms with E-state index in [9.17, 15) is 8.76 Å². The number of aromatic nitrogens is 2. The fraction of sp³-hybridized carbons (Fsp3) is 0.125. The Hall–Kier alpha value is -1.40. The van der Waals surface area contributed by atoms with Gasteiger partial charge < -0.3 is 4.98 Å². The quantitative estimate of drug-likeness (QED) is 0.783. The molecule has 2 aromatic rings. The zero-order valence-corrected chi connectivity index (χ0v) is 8.22. The van der Waals surface area contributed by atoms with Crippen molar-refractivity contribution < 1.29 is 8.76 Å². The van der Waals surface area contributed by atoms with Crippen molar-refractivity contribution in [1.82, 2.24) is 9.97 Å². The highest BCUT2D eigenvalue weighted by Crippen LogP contribution is 2.15. The molecule has 2 rings (SSSR count). The molecule has 0 amide bonds. The standard InChI is InChI=1S/C8H8N3O2S/c1-5-2-3-6-7(4-5)10-8(9-6)11-14(12)13/h2-4H,1H3,(H2,9,10,11). The number of imidazole rings is 1. The van der Waals surface area contributed by atoms with Crippen LogP contribution in [0.5, 0.6) is 0 Å². The van der Waals surface area contributed by atoms with Gasteiger partial charge in [0.15, 0.2) is 0 Å². The number of aromatic amines is 1. The molecule has 5 nitrogen and oxygen atoms in total. The molecule has 1 atom stereocenters. The van der Waals surface area contributed by atoms with Gasteiger partial charge in [0, 0.05) is 0 Å². The summed E-state index contributed by atoms with van der Waals surface area (Å²) in [5.41, 5.74) is 2.65. The molecule has 0 aliphatic rings. The average molecular weight is 210 g/mol. The summed E-state index contributed by atoms with van der Waals surface area (Å²) in [6.45, 7) is 1.96. The summed E-state index contributed by atoms with van der Waals surface area (Å²) >= 11 is -2.34. The Bertz CT molecular complexity index is 494. The summed E-state index contributed by atoms with van der Waals surface area (Å²) < 4.78 is 22.8. The Morgan fingerprint density at radius 3 is 3.00 bits per heavy atom. The van der Waals surface area contributed by atoms with Crippen molar-refractivity contribution in [1.29, 1.82) is 0 Å². The second kappa shape index (κ2) is 3.39. The summed E-state index contributed by atoms with van der Waals surface area (Å²) in [6, 6.07) is 5.66. The molecule has 1 aromatic carbocycles. The normalized spacial score (nSPS) is 13.0. The predicted molar refractivity (Wildman–Crippen MR) is 53.3 cm³/mol. The molecule has 0 aliphatic heterocycles. The van der Waals surface area contributed by atoms with Gasteiger partial charge in [0.25, 0.3) is 11.3 Å². The van der Waals surface area contributed by atoms with Crippen molar-refractivity contribution in [3.8, 4) is 0 Å². The van der Waals surface area contributed by atoms with E-state index in [1.165, 1.54) is 0 Å². The van der Waals surface area contributed by atoms with Crippen LogP contribution in [0.25, 0.3) is 11.0 Å². The molecule has 0 fully saturated rings. The highest BCUT2D eigenvalue weighted by molar-refractivity contribution is 7.80. The van der Waals surface area contributed by atoms with Gasteiger partial charge in [-0.3, -0.25) is 0 Å². The number of nitrogens with one attached hydrogen (secondary N) is 2. The SMILES string of the molecule is Cc1ccc2nc(NS([O])=O)[nH]c2c1. The summed E-state index contributed by atoms with van der Waals surface area (Å²) in [5.74, 6) is 0.235. The fourth-order valence-electron chi connectivity index (χ4n) is 1.25.